The maximum Gasteiger partial charge on any atom is 0.244 e. The second-order valence-electron chi connectivity index (χ2n) is 6.73. The van der Waals surface area contributed by atoms with Crippen molar-refractivity contribution in [3.05, 3.63) is 22.4 Å². The highest BCUT2D eigenvalue weighted by Gasteiger charge is 2.16. The Bertz CT molecular complexity index is 687. The van der Waals surface area contributed by atoms with Crippen LogP contribution in [0.4, 0.5) is 5.95 Å². The van der Waals surface area contributed by atoms with Gasteiger partial charge in [0.25, 0.3) is 0 Å². The number of hydrogen-bond donors (Lipinski definition) is 1. The molecule has 25 heavy (non-hydrogen) atoms. The zero-order valence-electron chi connectivity index (χ0n) is 14.9. The molecule has 0 bridgehead atoms. The molecule has 1 fully saturated rings. The fourth-order valence-corrected chi connectivity index (χ4v) is 3.70. The summed E-state index contributed by atoms with van der Waals surface area (Å²) in [5, 5.41) is 8.54. The number of likely N-dealkylation sites (tertiary alicyclic amines) is 1. The molecule has 1 amide bonds. The van der Waals surface area contributed by atoms with Crippen molar-refractivity contribution in [2.75, 3.05) is 18.4 Å². The molecule has 0 saturated carbocycles. The molecule has 0 radical (unpaired) electrons. The van der Waals surface area contributed by atoms with Gasteiger partial charge in [-0.25, -0.2) is 14.6 Å². The van der Waals surface area contributed by atoms with Gasteiger partial charge in [-0.2, -0.15) is 0 Å². The van der Waals surface area contributed by atoms with Crippen LogP contribution in [0.2, 0.25) is 0 Å². The van der Waals surface area contributed by atoms with E-state index in [-0.39, 0.29) is 12.5 Å². The fourth-order valence-electron chi connectivity index (χ4n) is 2.84. The summed E-state index contributed by atoms with van der Waals surface area (Å²) >= 11 is 1.70. The number of nitrogens with zero attached hydrogens (tertiary/aromatic N) is 5. The van der Waals surface area contributed by atoms with Crippen LogP contribution in [-0.4, -0.2) is 43.6 Å². The number of nitrogens with one attached hydrogen (secondary N) is 1. The van der Waals surface area contributed by atoms with Crippen LogP contribution < -0.4 is 5.32 Å². The summed E-state index contributed by atoms with van der Waals surface area (Å²) in [6, 6.07) is 0. The van der Waals surface area contributed by atoms with Crippen molar-refractivity contribution in [3.8, 4) is 0 Å². The predicted molar refractivity (Wildman–Crippen MR) is 98.6 cm³/mol. The Hall–Kier alpha value is -1.96. The summed E-state index contributed by atoms with van der Waals surface area (Å²) in [4.78, 5) is 24.3. The zero-order valence-corrected chi connectivity index (χ0v) is 15.8. The Morgan fingerprint density at radius 3 is 2.68 bits per heavy atom. The molecule has 2 aromatic rings. The molecular formula is C17H26N6OS. The van der Waals surface area contributed by atoms with E-state index in [0.717, 1.165) is 30.9 Å². The fraction of sp³-hybridized carbons (Fsp3) is 0.647. The van der Waals surface area contributed by atoms with Gasteiger partial charge in [-0.1, -0.05) is 26.7 Å². The summed E-state index contributed by atoms with van der Waals surface area (Å²) in [6.45, 7) is 6.90. The number of carbonyl (C=O) groups excluding carboxylic acids is 1. The lowest BCUT2D eigenvalue weighted by Crippen LogP contribution is -2.34. The molecule has 1 aliphatic heterocycles. The van der Waals surface area contributed by atoms with E-state index in [1.165, 1.54) is 17.7 Å². The summed E-state index contributed by atoms with van der Waals surface area (Å²) in [7, 11) is 0. The Morgan fingerprint density at radius 1 is 1.24 bits per heavy atom. The van der Waals surface area contributed by atoms with Crippen molar-refractivity contribution in [1.29, 1.82) is 0 Å². The third-order valence-electron chi connectivity index (χ3n) is 4.33. The lowest BCUT2D eigenvalue weighted by molar-refractivity contribution is -0.132. The largest absolute Gasteiger partial charge is 0.346 e. The quantitative estimate of drug-likeness (QED) is 0.855. The third kappa shape index (κ3) is 5.01. The van der Waals surface area contributed by atoms with Gasteiger partial charge in [0.15, 0.2) is 0 Å². The number of hydrogen-bond acceptors (Lipinski definition) is 6. The Kier molecular flexibility index (Phi) is 6.01. The second-order valence-corrected chi connectivity index (χ2v) is 7.87. The van der Waals surface area contributed by atoms with E-state index in [1.807, 2.05) is 11.1 Å². The van der Waals surface area contributed by atoms with E-state index in [9.17, 15) is 4.79 Å². The number of rotatable bonds is 6. The summed E-state index contributed by atoms with van der Waals surface area (Å²) in [6.07, 6.45) is 8.18. The van der Waals surface area contributed by atoms with E-state index < -0.39 is 0 Å². The van der Waals surface area contributed by atoms with E-state index >= 15 is 0 Å². The van der Waals surface area contributed by atoms with E-state index in [4.69, 9.17) is 0 Å². The average molecular weight is 363 g/mol. The molecule has 0 aliphatic carbocycles. The van der Waals surface area contributed by atoms with Crippen LogP contribution in [0.3, 0.4) is 0 Å². The summed E-state index contributed by atoms with van der Waals surface area (Å²) in [5.41, 5.74) is 0. The van der Waals surface area contributed by atoms with E-state index in [1.54, 1.807) is 22.3 Å². The van der Waals surface area contributed by atoms with Crippen LogP contribution in [0.5, 0.6) is 0 Å². The van der Waals surface area contributed by atoms with Crippen molar-refractivity contribution >= 4 is 23.2 Å². The normalized spacial score (nSPS) is 15.4. The Balaban J connectivity index is 1.50. The SMILES string of the molecule is CC(C)c1cnc(CNc2ncn(CC(=O)N3CCCCCC3)n2)s1. The Morgan fingerprint density at radius 2 is 2.00 bits per heavy atom. The second kappa shape index (κ2) is 8.42. The molecule has 7 nitrogen and oxygen atoms in total. The minimum absolute atomic E-state index is 0.125. The van der Waals surface area contributed by atoms with Crippen LogP contribution in [0.1, 0.15) is 55.3 Å². The smallest absolute Gasteiger partial charge is 0.244 e. The van der Waals surface area contributed by atoms with Gasteiger partial charge in [-0.15, -0.1) is 16.4 Å². The highest BCUT2D eigenvalue weighted by molar-refractivity contribution is 7.11. The van der Waals surface area contributed by atoms with Gasteiger partial charge in [-0.3, -0.25) is 4.79 Å². The van der Waals surface area contributed by atoms with Crippen molar-refractivity contribution in [3.63, 3.8) is 0 Å². The standard InChI is InChI=1S/C17H26N6OS/c1-13(2)14-9-18-15(25-14)10-19-17-20-12-23(21-17)11-16(24)22-7-5-3-4-6-8-22/h9,12-13H,3-8,10-11H2,1-2H3,(H,19,21). The molecule has 2 aromatic heterocycles. The van der Waals surface area contributed by atoms with Gasteiger partial charge < -0.3 is 10.2 Å². The van der Waals surface area contributed by atoms with Crippen LogP contribution >= 0.6 is 11.3 Å². The zero-order chi connectivity index (χ0) is 17.6. The third-order valence-corrected chi connectivity index (χ3v) is 5.63. The van der Waals surface area contributed by atoms with Gasteiger partial charge in [0.1, 0.15) is 17.9 Å². The highest BCUT2D eigenvalue weighted by atomic mass is 32.1. The first kappa shape index (κ1) is 17.8. The predicted octanol–water partition coefficient (Wildman–Crippen LogP) is 2.87. The lowest BCUT2D eigenvalue weighted by atomic mass is 10.2. The van der Waals surface area contributed by atoms with Gasteiger partial charge >= 0.3 is 0 Å². The van der Waals surface area contributed by atoms with Gasteiger partial charge in [0.05, 0.1) is 6.54 Å². The Labute approximate surface area is 152 Å². The topological polar surface area (TPSA) is 75.9 Å². The molecule has 3 rings (SSSR count). The maximum atomic E-state index is 12.4. The van der Waals surface area contributed by atoms with E-state index in [0.29, 0.717) is 18.4 Å². The minimum atomic E-state index is 0.125. The molecule has 0 aromatic carbocycles. The molecule has 1 aliphatic rings. The summed E-state index contributed by atoms with van der Waals surface area (Å²) in [5.74, 6) is 1.15. The number of anilines is 1. The number of carbonyl (C=O) groups is 1. The van der Waals surface area contributed by atoms with Crippen LogP contribution in [0, 0.1) is 0 Å². The minimum Gasteiger partial charge on any atom is -0.346 e. The van der Waals surface area contributed by atoms with Crippen molar-refractivity contribution < 1.29 is 4.79 Å². The first-order valence-corrected chi connectivity index (χ1v) is 9.79. The average Bonchev–Trinajstić information content (AvgIpc) is 3.15. The molecule has 0 atom stereocenters. The lowest BCUT2D eigenvalue weighted by Gasteiger charge is -2.19. The maximum absolute atomic E-state index is 12.4. The number of amides is 1. The summed E-state index contributed by atoms with van der Waals surface area (Å²) < 4.78 is 1.61. The highest BCUT2D eigenvalue weighted by Crippen LogP contribution is 2.22. The van der Waals surface area contributed by atoms with Crippen molar-refractivity contribution in [2.45, 2.75) is 58.5 Å². The van der Waals surface area contributed by atoms with E-state index in [2.05, 4.69) is 34.2 Å². The molecule has 0 unspecified atom stereocenters. The number of aromatic nitrogens is 4. The van der Waals surface area contributed by atoms with Gasteiger partial charge in [0, 0.05) is 24.2 Å². The number of thiazole rings is 1. The molecule has 3 heterocycles. The first-order valence-electron chi connectivity index (χ1n) is 8.97. The molecule has 1 saturated heterocycles. The molecule has 0 spiro atoms. The molecular weight excluding hydrogens is 336 g/mol. The van der Waals surface area contributed by atoms with Crippen LogP contribution in [0.15, 0.2) is 12.5 Å². The van der Waals surface area contributed by atoms with Crippen molar-refractivity contribution in [2.24, 2.45) is 0 Å². The molecule has 8 heteroatoms. The van der Waals surface area contributed by atoms with Gasteiger partial charge in [0.2, 0.25) is 11.9 Å². The van der Waals surface area contributed by atoms with Gasteiger partial charge in [-0.05, 0) is 18.8 Å². The van der Waals surface area contributed by atoms with Crippen molar-refractivity contribution in [1.82, 2.24) is 24.6 Å². The van der Waals surface area contributed by atoms with Crippen LogP contribution in [0.25, 0.3) is 0 Å². The molecule has 136 valence electrons. The molecule has 1 N–H and O–H groups in total. The van der Waals surface area contributed by atoms with Crippen LogP contribution in [-0.2, 0) is 17.9 Å². The monoisotopic (exact) mass is 362 g/mol. The first-order chi connectivity index (χ1) is 12.1.